The lowest BCUT2D eigenvalue weighted by atomic mass is 10.2. The second kappa shape index (κ2) is 17.0. The number of fused-ring (bicyclic) bond motifs is 9. The van der Waals surface area contributed by atoms with Crippen molar-refractivity contribution in [1.82, 2.24) is 59.1 Å². The molecule has 8 heterocycles. The van der Waals surface area contributed by atoms with E-state index in [1.165, 1.54) is 5.19 Å². The van der Waals surface area contributed by atoms with Crippen molar-refractivity contribution >= 4 is 121 Å². The molecule has 17 heteroatoms. The van der Waals surface area contributed by atoms with Gasteiger partial charge in [0.15, 0.2) is 55.0 Å². The zero-order chi connectivity index (χ0) is 49.9. The first-order valence-corrected chi connectivity index (χ1v) is 29.5. The quantitative estimate of drug-likeness (QED) is 0.134. The summed E-state index contributed by atoms with van der Waals surface area (Å²) in [7, 11) is -3.40. The fraction of sp³-hybridized carbons (Fsp3) is 0. The van der Waals surface area contributed by atoms with Gasteiger partial charge < -0.3 is 4.23 Å². The molecule has 0 radical (unpaired) electrons. The molecule has 0 saturated heterocycles. The van der Waals surface area contributed by atoms with E-state index in [-0.39, 0.29) is 0 Å². The Bertz CT molecular complexity index is 4290. The molecule has 7 aromatic heterocycles. The van der Waals surface area contributed by atoms with Crippen LogP contribution in [0.15, 0.2) is 194 Å². The van der Waals surface area contributed by atoms with Crippen LogP contribution in [0.25, 0.3) is 129 Å². The fourth-order valence-corrected chi connectivity index (χ4v) is 19.1. The number of para-hydroxylation sites is 6. The molecule has 12 nitrogen and oxygen atoms in total. The normalized spacial score (nSPS) is 12.8. The van der Waals surface area contributed by atoms with Gasteiger partial charge in [-0.1, -0.05) is 121 Å². The number of hydrogen-bond donors (Lipinski definition) is 0. The zero-order valence-corrected chi connectivity index (χ0v) is 43.7. The van der Waals surface area contributed by atoms with Gasteiger partial charge in [-0.2, -0.15) is 0 Å². The van der Waals surface area contributed by atoms with Gasteiger partial charge in [0.1, 0.15) is 5.82 Å². The molecule has 0 atom stereocenters. The molecule has 0 amide bonds. The van der Waals surface area contributed by atoms with Crippen LogP contribution in [0.2, 0.25) is 0 Å². The van der Waals surface area contributed by atoms with Crippen molar-refractivity contribution in [2.24, 2.45) is 0 Å². The minimum atomic E-state index is -3.40. The molecule has 0 saturated carbocycles. The Morgan fingerprint density at radius 1 is 0.303 bits per heavy atom. The van der Waals surface area contributed by atoms with Gasteiger partial charge in [0, 0.05) is 16.7 Å². The predicted octanol–water partition coefficient (Wildman–Crippen LogP) is 12.3. The van der Waals surface area contributed by atoms with E-state index < -0.39 is 8.24 Å². The Balaban J connectivity index is 0.923. The number of rotatable bonds is 8. The third-order valence-electron chi connectivity index (χ3n) is 13.7. The summed E-state index contributed by atoms with van der Waals surface area (Å²) >= 11 is 6.26. The van der Waals surface area contributed by atoms with Crippen molar-refractivity contribution in [3.05, 3.63) is 194 Å². The molecule has 0 spiro atoms. The van der Waals surface area contributed by atoms with Gasteiger partial charge in [-0.15, -0.1) is 45.3 Å². The molecule has 1 aliphatic heterocycles. The van der Waals surface area contributed by atoms with Crippen molar-refractivity contribution in [2.45, 2.75) is 0 Å². The van der Waals surface area contributed by atoms with Gasteiger partial charge in [0.25, 0.3) is 8.24 Å². The average molecular weight is 1070 g/mol. The van der Waals surface area contributed by atoms with Crippen LogP contribution in [0.4, 0.5) is 0 Å². The molecule has 8 aromatic carbocycles. The Labute approximate surface area is 448 Å². The lowest BCUT2D eigenvalue weighted by Gasteiger charge is -2.32. The molecule has 356 valence electrons. The molecule has 16 rings (SSSR count). The molecular formula is C59H32N12S4Si. The summed E-state index contributed by atoms with van der Waals surface area (Å²) in [5, 5.41) is 6.27. The topological polar surface area (TPSA) is 147 Å². The molecule has 0 unspecified atom stereocenters. The van der Waals surface area contributed by atoms with E-state index in [0.29, 0.717) is 55.0 Å². The number of hydrogen-bond acceptors (Lipinski definition) is 15. The van der Waals surface area contributed by atoms with E-state index in [2.05, 4.69) is 126 Å². The second-order valence-electron chi connectivity index (χ2n) is 18.2. The van der Waals surface area contributed by atoms with Crippen LogP contribution in [0.5, 0.6) is 0 Å². The summed E-state index contributed by atoms with van der Waals surface area (Å²) in [6, 6.07) is 67.2. The third kappa shape index (κ3) is 6.87. The Kier molecular flexibility index (Phi) is 9.73. The summed E-state index contributed by atoms with van der Waals surface area (Å²) < 4.78 is 6.75. The van der Waals surface area contributed by atoms with Crippen LogP contribution < -0.4 is 15.6 Å². The van der Waals surface area contributed by atoms with E-state index in [1.54, 1.807) is 45.3 Å². The summed E-state index contributed by atoms with van der Waals surface area (Å²) in [5.74, 6) is 3.94. The summed E-state index contributed by atoms with van der Waals surface area (Å²) in [5.41, 5.74) is 8.30. The first kappa shape index (κ1) is 43.4. The number of benzene rings is 8. The average Bonchev–Trinajstić information content (AvgIpc) is 4.42. The van der Waals surface area contributed by atoms with Crippen LogP contribution in [-0.4, -0.2) is 67.3 Å². The lowest BCUT2D eigenvalue weighted by Crippen LogP contribution is -2.70. The Morgan fingerprint density at radius 2 is 0.671 bits per heavy atom. The predicted molar refractivity (Wildman–Crippen MR) is 310 cm³/mol. The molecule has 15 aromatic rings. The molecule has 0 aliphatic carbocycles. The highest BCUT2D eigenvalue weighted by Crippen LogP contribution is 2.39. The Morgan fingerprint density at radius 3 is 1.11 bits per heavy atom. The number of imidazole rings is 1. The van der Waals surface area contributed by atoms with Crippen molar-refractivity contribution in [1.29, 1.82) is 0 Å². The minimum absolute atomic E-state index is 0.493. The Hall–Kier alpha value is -8.97. The molecule has 1 aliphatic rings. The second-order valence-corrected chi connectivity index (χ2v) is 25.9. The van der Waals surface area contributed by atoms with E-state index in [1.807, 2.05) is 72.8 Å². The van der Waals surface area contributed by atoms with Crippen molar-refractivity contribution in [3.8, 4) is 77.5 Å². The maximum Gasteiger partial charge on any atom is 0.259 e. The maximum atomic E-state index is 5.40. The largest absolute Gasteiger partial charge is 0.339 e. The summed E-state index contributed by atoms with van der Waals surface area (Å²) in [6.45, 7) is 0. The fourth-order valence-electron chi connectivity index (χ4n) is 10.4. The highest BCUT2D eigenvalue weighted by Gasteiger charge is 2.51. The molecule has 0 fully saturated rings. The molecule has 76 heavy (non-hydrogen) atoms. The zero-order valence-electron chi connectivity index (χ0n) is 39.5. The maximum absolute atomic E-state index is 5.40. The van der Waals surface area contributed by atoms with Crippen LogP contribution >= 0.6 is 45.3 Å². The van der Waals surface area contributed by atoms with E-state index in [9.17, 15) is 0 Å². The molecular weight excluding hydrogens is 1030 g/mol. The van der Waals surface area contributed by atoms with E-state index >= 15 is 0 Å². The van der Waals surface area contributed by atoms with Gasteiger partial charge in [-0.25, -0.2) is 54.8 Å². The highest BCUT2D eigenvalue weighted by atomic mass is 32.1. The number of nitrogens with zero attached hydrogens (tertiary/aromatic N) is 12. The van der Waals surface area contributed by atoms with Gasteiger partial charge in [-0.05, 0) is 88.4 Å². The number of aromatic nitrogens is 12. The molecule has 0 N–H and O–H groups in total. The van der Waals surface area contributed by atoms with Crippen LogP contribution in [0.1, 0.15) is 0 Å². The highest BCUT2D eigenvalue weighted by molar-refractivity contribution is 7.22. The van der Waals surface area contributed by atoms with Crippen molar-refractivity contribution in [3.63, 3.8) is 0 Å². The summed E-state index contributed by atoms with van der Waals surface area (Å²) in [6.07, 6.45) is 0. The van der Waals surface area contributed by atoms with Gasteiger partial charge in [0.2, 0.25) is 0 Å². The smallest absolute Gasteiger partial charge is 0.259 e. The first-order valence-electron chi connectivity index (χ1n) is 24.3. The van der Waals surface area contributed by atoms with Crippen LogP contribution in [0, 0.1) is 0 Å². The minimum Gasteiger partial charge on any atom is -0.339 e. The van der Waals surface area contributed by atoms with Crippen LogP contribution in [0.3, 0.4) is 0 Å². The monoisotopic (exact) mass is 1060 g/mol. The summed E-state index contributed by atoms with van der Waals surface area (Å²) in [4.78, 5) is 56.7. The first-order chi connectivity index (χ1) is 37.6. The van der Waals surface area contributed by atoms with Crippen molar-refractivity contribution < 1.29 is 0 Å². The lowest BCUT2D eigenvalue weighted by molar-refractivity contribution is 1.07. The standard InChI is InChI=1S/C59H32N12S4Si/c1-12-30-48-37(19-1)55-60-38-20-2-7-25-43(38)71(55)76(48,35-17-13-15-33(31-35)49-65-51(56-61-39-21-3-8-26-44(39)72-56)69-52(66-49)57-62-40-22-4-9-27-45(40)73-57)36-18-14-16-34(32-36)50-67-53(58-63-41-23-5-10-28-46(41)74-58)70-54(68-50)59-64-42-24-6-11-29-47(42)75-59/h1-32H. The van der Waals surface area contributed by atoms with Crippen LogP contribution in [-0.2, 0) is 0 Å². The van der Waals surface area contributed by atoms with Gasteiger partial charge in [0.05, 0.1) is 51.9 Å². The van der Waals surface area contributed by atoms with Gasteiger partial charge in [-0.3, -0.25) is 0 Å². The third-order valence-corrected chi connectivity index (χ3v) is 22.5. The van der Waals surface area contributed by atoms with E-state index in [4.69, 9.17) is 54.8 Å². The molecule has 0 bridgehead atoms. The SMILES string of the molecule is c1cc(-c2nc(-c3nc4ccccc4s3)nc(-c3nc4ccccc4s3)n2)cc([Si]2(c3cccc(-c4nc(-c5nc6ccccc6s5)nc(-c5nc6ccccc6s5)n4)c3)c3ccccc3-c3nc4ccccc4n32)c1. The number of thiazole rings is 4. The van der Waals surface area contributed by atoms with Gasteiger partial charge >= 0.3 is 0 Å². The van der Waals surface area contributed by atoms with Crippen molar-refractivity contribution in [2.75, 3.05) is 0 Å². The van der Waals surface area contributed by atoms with E-state index in [0.717, 1.165) is 84.8 Å².